The lowest BCUT2D eigenvalue weighted by molar-refractivity contribution is 0.247. The van der Waals surface area contributed by atoms with Crippen molar-refractivity contribution in [1.82, 2.24) is 19.8 Å². The van der Waals surface area contributed by atoms with Gasteiger partial charge in [-0.2, -0.15) is 5.10 Å². The number of aromatic nitrogens is 2. The van der Waals surface area contributed by atoms with Gasteiger partial charge in [0.15, 0.2) is 0 Å². The molecule has 7 nitrogen and oxygen atoms in total. The molecule has 11 heteroatoms. The molecule has 0 atom stereocenters. The summed E-state index contributed by atoms with van der Waals surface area (Å²) in [4.78, 5) is 12.3. The Kier molecular flexibility index (Phi) is 6.59. The summed E-state index contributed by atoms with van der Waals surface area (Å²) in [5.74, 6) is 0. The first-order valence-corrected chi connectivity index (χ1v) is 13.9. The number of rotatable bonds is 5. The molecular formula is C24H20Cl2N4O3S2. The van der Waals surface area contributed by atoms with Crippen molar-refractivity contribution < 1.29 is 13.2 Å². The molecule has 2 heterocycles. The number of nitrogens with one attached hydrogen (secondary N) is 2. The van der Waals surface area contributed by atoms with Gasteiger partial charge in [-0.1, -0.05) is 65.7 Å². The van der Waals surface area contributed by atoms with E-state index >= 15 is 0 Å². The average Bonchev–Trinajstić information content (AvgIpc) is 3.42. The highest BCUT2D eigenvalue weighted by Gasteiger charge is 2.23. The molecule has 1 aliphatic rings. The van der Waals surface area contributed by atoms with Crippen molar-refractivity contribution in [3.8, 4) is 5.69 Å². The Morgan fingerprint density at radius 2 is 1.94 bits per heavy atom. The molecule has 2 N–H and O–H groups in total. The number of halogens is 2. The molecule has 35 heavy (non-hydrogen) atoms. The van der Waals surface area contributed by atoms with Crippen LogP contribution in [0.5, 0.6) is 0 Å². The smallest absolute Gasteiger partial charge is 0.328 e. The van der Waals surface area contributed by atoms with Crippen molar-refractivity contribution in [3.05, 3.63) is 81.4 Å². The molecule has 2 aromatic heterocycles. The van der Waals surface area contributed by atoms with Crippen LogP contribution in [0.15, 0.2) is 65.0 Å². The molecule has 0 unspecified atom stereocenters. The van der Waals surface area contributed by atoms with Gasteiger partial charge in [-0.3, -0.25) is 0 Å². The summed E-state index contributed by atoms with van der Waals surface area (Å²) >= 11 is 12.5. The summed E-state index contributed by atoms with van der Waals surface area (Å²) < 4.78 is 28.8. The van der Waals surface area contributed by atoms with Crippen molar-refractivity contribution in [2.75, 3.05) is 6.54 Å². The zero-order valence-corrected chi connectivity index (χ0v) is 21.4. The molecule has 4 aromatic rings. The third-order valence-corrected chi connectivity index (χ3v) is 9.43. The number of fused-ring (bicyclic) bond motifs is 2. The Morgan fingerprint density at radius 1 is 1.14 bits per heavy atom. The van der Waals surface area contributed by atoms with E-state index in [1.807, 2.05) is 45.9 Å². The van der Waals surface area contributed by atoms with E-state index in [9.17, 15) is 13.2 Å². The topological polar surface area (TPSA) is 93.1 Å². The Balaban J connectivity index is 1.35. The number of sulfonamides is 1. The number of aryl methyl sites for hydroxylation is 1. The largest absolute Gasteiger partial charge is 0.334 e. The standard InChI is InChI=1S/C24H20Cl2N4O3S2/c25-19-13-21(34-23(19)26)35(32,33)29-24(31)27-12-11-16-7-3-8-17-14-28-30(22(16)17)20-10-4-6-15-5-1-2-9-18(15)20/h1-2,4-6,9-11,13-14H,3,7-8,12H2,(H2,27,29,31)/b16-11+. The van der Waals surface area contributed by atoms with Crippen LogP contribution in [0.4, 0.5) is 4.79 Å². The van der Waals surface area contributed by atoms with E-state index in [-0.39, 0.29) is 20.1 Å². The zero-order chi connectivity index (χ0) is 24.6. The molecule has 0 fully saturated rings. The number of hydrogen-bond acceptors (Lipinski definition) is 5. The van der Waals surface area contributed by atoms with Crippen LogP contribution in [-0.4, -0.2) is 30.8 Å². The second-order valence-electron chi connectivity index (χ2n) is 8.01. The van der Waals surface area contributed by atoms with Crippen LogP contribution in [0.25, 0.3) is 22.0 Å². The van der Waals surface area contributed by atoms with Gasteiger partial charge in [0.1, 0.15) is 8.55 Å². The summed E-state index contributed by atoms with van der Waals surface area (Å²) in [5.41, 5.74) is 4.21. The number of hydrogen-bond donors (Lipinski definition) is 2. The highest BCUT2D eigenvalue weighted by atomic mass is 35.5. The number of urea groups is 1. The third kappa shape index (κ3) is 4.81. The second-order valence-corrected chi connectivity index (χ2v) is 12.0. The van der Waals surface area contributed by atoms with Crippen LogP contribution in [0.3, 0.4) is 0 Å². The Labute approximate surface area is 216 Å². The Morgan fingerprint density at radius 3 is 2.74 bits per heavy atom. The molecule has 0 radical (unpaired) electrons. The van der Waals surface area contributed by atoms with Crippen molar-refractivity contribution in [2.45, 2.75) is 23.5 Å². The molecule has 0 aliphatic heterocycles. The van der Waals surface area contributed by atoms with Gasteiger partial charge in [-0.05, 0) is 47.9 Å². The number of allylic oxidation sites excluding steroid dienone is 1. The van der Waals surface area contributed by atoms with Crippen molar-refractivity contribution in [1.29, 1.82) is 0 Å². The fourth-order valence-corrected chi connectivity index (χ4v) is 7.01. The van der Waals surface area contributed by atoms with E-state index < -0.39 is 16.1 Å². The molecule has 5 rings (SSSR count). The predicted molar refractivity (Wildman–Crippen MR) is 140 cm³/mol. The van der Waals surface area contributed by atoms with Gasteiger partial charge in [0.2, 0.25) is 0 Å². The maximum Gasteiger partial charge on any atom is 0.328 e. The van der Waals surface area contributed by atoms with Gasteiger partial charge >= 0.3 is 6.03 Å². The third-order valence-electron chi connectivity index (χ3n) is 5.76. The molecule has 180 valence electrons. The number of thiophene rings is 1. The second kappa shape index (κ2) is 9.66. The maximum absolute atomic E-state index is 12.4. The maximum atomic E-state index is 12.4. The van der Waals surface area contributed by atoms with E-state index in [0.717, 1.165) is 63.9 Å². The van der Waals surface area contributed by atoms with Gasteiger partial charge in [0.05, 0.1) is 22.6 Å². The van der Waals surface area contributed by atoms with E-state index in [4.69, 9.17) is 23.2 Å². The Hall–Kier alpha value is -2.85. The first kappa shape index (κ1) is 23.9. The number of amides is 2. The van der Waals surface area contributed by atoms with E-state index in [0.29, 0.717) is 0 Å². The van der Waals surface area contributed by atoms with Crippen molar-refractivity contribution in [2.24, 2.45) is 0 Å². The molecule has 1 aliphatic carbocycles. The van der Waals surface area contributed by atoms with E-state index in [1.165, 1.54) is 6.07 Å². The summed E-state index contributed by atoms with van der Waals surface area (Å²) in [6, 6.07) is 14.7. The number of nitrogens with zero attached hydrogens (tertiary/aromatic N) is 2. The quantitative estimate of drug-likeness (QED) is 0.330. The molecule has 0 spiro atoms. The monoisotopic (exact) mass is 546 g/mol. The SMILES string of the molecule is O=C(NC/C=C1\CCCc2cnn(-c3cccc4ccccc34)c21)NS(=O)(=O)c1cc(Cl)c(Cl)s1. The lowest BCUT2D eigenvalue weighted by Gasteiger charge is -2.19. The van der Waals surface area contributed by atoms with Gasteiger partial charge in [-0.15, -0.1) is 11.3 Å². The van der Waals surface area contributed by atoms with Crippen molar-refractivity contribution in [3.63, 3.8) is 0 Å². The number of benzene rings is 2. The van der Waals surface area contributed by atoms with Crippen molar-refractivity contribution >= 4 is 66.9 Å². The Bertz CT molecular complexity index is 1550. The minimum absolute atomic E-state index is 0.123. The first-order valence-electron chi connectivity index (χ1n) is 10.8. The van der Waals surface area contributed by atoms with Crippen LogP contribution >= 0.6 is 34.5 Å². The minimum atomic E-state index is -4.07. The van der Waals surface area contributed by atoms with E-state index in [2.05, 4.69) is 28.6 Å². The molecule has 0 saturated heterocycles. The fraction of sp³-hybridized carbons (Fsp3) is 0.167. The fourth-order valence-electron chi connectivity index (χ4n) is 4.20. The summed E-state index contributed by atoms with van der Waals surface area (Å²) in [6.45, 7) is 0.156. The number of carbonyl (C=O) groups excluding carboxylic acids is 1. The molecular weight excluding hydrogens is 527 g/mol. The highest BCUT2D eigenvalue weighted by Crippen LogP contribution is 2.35. The summed E-state index contributed by atoms with van der Waals surface area (Å²) in [5, 5.41) is 9.62. The van der Waals surface area contributed by atoms with Gasteiger partial charge in [0, 0.05) is 11.9 Å². The van der Waals surface area contributed by atoms with Crippen LogP contribution < -0.4 is 10.0 Å². The van der Waals surface area contributed by atoms with Crippen LogP contribution in [0.2, 0.25) is 9.36 Å². The predicted octanol–water partition coefficient (Wildman–Crippen LogP) is 5.80. The highest BCUT2D eigenvalue weighted by molar-refractivity contribution is 7.92. The lowest BCUT2D eigenvalue weighted by Crippen LogP contribution is -2.39. The van der Waals surface area contributed by atoms with Crippen LogP contribution in [0.1, 0.15) is 24.1 Å². The number of carbonyl (C=O) groups is 1. The normalized spacial score (nSPS) is 14.7. The molecule has 2 amide bonds. The minimum Gasteiger partial charge on any atom is -0.334 e. The summed E-state index contributed by atoms with van der Waals surface area (Å²) in [7, 11) is -4.07. The zero-order valence-electron chi connectivity index (χ0n) is 18.3. The average molecular weight is 547 g/mol. The van der Waals surface area contributed by atoms with Gasteiger partial charge in [0.25, 0.3) is 10.0 Å². The molecule has 2 aromatic carbocycles. The van der Waals surface area contributed by atoms with Crippen LogP contribution in [0, 0.1) is 0 Å². The molecule has 0 bridgehead atoms. The van der Waals surface area contributed by atoms with Crippen LogP contribution in [-0.2, 0) is 16.4 Å². The molecule has 0 saturated carbocycles. The summed E-state index contributed by atoms with van der Waals surface area (Å²) in [6.07, 6.45) is 6.54. The van der Waals surface area contributed by atoms with Gasteiger partial charge in [-0.25, -0.2) is 22.6 Å². The van der Waals surface area contributed by atoms with Gasteiger partial charge < -0.3 is 5.32 Å². The lowest BCUT2D eigenvalue weighted by atomic mass is 9.92. The first-order chi connectivity index (χ1) is 16.8. The van der Waals surface area contributed by atoms with E-state index in [1.54, 1.807) is 0 Å².